The van der Waals surface area contributed by atoms with Crippen LogP contribution in [-0.4, -0.2) is 66.5 Å². The second-order valence-electron chi connectivity index (χ2n) is 8.70. The molecule has 4 heterocycles. The van der Waals surface area contributed by atoms with Gasteiger partial charge in [-0.25, -0.2) is 27.9 Å². The number of aromatic nitrogens is 6. The summed E-state index contributed by atoms with van der Waals surface area (Å²) in [4.78, 5) is 25.1. The number of aliphatic hydroxyl groups is 1. The highest BCUT2D eigenvalue weighted by atomic mass is 32.2. The number of amides is 1. The molecule has 0 aliphatic carbocycles. The fourth-order valence-electron chi connectivity index (χ4n) is 3.49. The molecule has 0 aliphatic rings. The molecule has 2 N–H and O–H groups in total. The molecule has 0 spiro atoms. The molecule has 1 amide bonds. The standard InChI is InChI=1S/C21H22F3N7O4S/c1-5-36(34,35)19-14(17-28-12-8-11(21(22,23)24)9-26-15(12)30(17)4)16-25-7-6-13(31(16)29-19)18(32)27-10-20(2,3)33/h6-9,33H,5,10H2,1-4H3,(H,27,32). The Balaban J connectivity index is 1.98. The van der Waals surface area contributed by atoms with Crippen molar-refractivity contribution in [1.82, 2.24) is 34.4 Å². The molecule has 4 aromatic rings. The third-order valence-corrected chi connectivity index (χ3v) is 6.97. The number of carbonyl (C=O) groups excluding carboxylic acids is 1. The Kier molecular flexibility index (Phi) is 6.03. The summed E-state index contributed by atoms with van der Waals surface area (Å²) < 4.78 is 67.9. The van der Waals surface area contributed by atoms with Crippen molar-refractivity contribution in [3.8, 4) is 11.4 Å². The van der Waals surface area contributed by atoms with E-state index < -0.39 is 38.1 Å². The van der Waals surface area contributed by atoms with Crippen molar-refractivity contribution in [1.29, 1.82) is 0 Å². The van der Waals surface area contributed by atoms with E-state index in [2.05, 4.69) is 25.4 Å². The normalized spacial score (nSPS) is 13.0. The lowest BCUT2D eigenvalue weighted by Gasteiger charge is -2.17. The smallest absolute Gasteiger partial charge is 0.389 e. The summed E-state index contributed by atoms with van der Waals surface area (Å²) in [5, 5.41) is 16.2. The molecule has 0 fully saturated rings. The first-order valence-corrected chi connectivity index (χ1v) is 12.3. The zero-order valence-electron chi connectivity index (χ0n) is 19.6. The van der Waals surface area contributed by atoms with Crippen LogP contribution in [0.4, 0.5) is 13.2 Å². The monoisotopic (exact) mass is 525 g/mol. The Labute approximate surface area is 202 Å². The molecule has 0 aliphatic heterocycles. The van der Waals surface area contributed by atoms with Crippen LogP contribution in [0.1, 0.15) is 36.8 Å². The van der Waals surface area contributed by atoms with E-state index >= 15 is 0 Å². The van der Waals surface area contributed by atoms with Gasteiger partial charge in [0, 0.05) is 26.0 Å². The van der Waals surface area contributed by atoms with Crippen molar-refractivity contribution in [3.05, 3.63) is 35.8 Å². The summed E-state index contributed by atoms with van der Waals surface area (Å²) in [5.41, 5.74) is -2.44. The van der Waals surface area contributed by atoms with Gasteiger partial charge in [0.1, 0.15) is 22.6 Å². The molecule has 0 unspecified atom stereocenters. The number of pyridine rings is 1. The summed E-state index contributed by atoms with van der Waals surface area (Å²) in [6.07, 6.45) is -2.71. The maximum absolute atomic E-state index is 13.2. The van der Waals surface area contributed by atoms with Gasteiger partial charge < -0.3 is 15.0 Å². The number of sulfone groups is 1. The lowest BCUT2D eigenvalue weighted by Crippen LogP contribution is -2.38. The second kappa shape index (κ2) is 8.51. The van der Waals surface area contributed by atoms with E-state index in [1.54, 1.807) is 0 Å². The Bertz CT molecular complexity index is 1600. The Morgan fingerprint density at radius 3 is 2.50 bits per heavy atom. The Morgan fingerprint density at radius 1 is 1.19 bits per heavy atom. The van der Waals surface area contributed by atoms with Gasteiger partial charge in [-0.2, -0.15) is 18.3 Å². The molecule has 192 valence electrons. The van der Waals surface area contributed by atoms with Gasteiger partial charge in [0.2, 0.25) is 0 Å². The maximum atomic E-state index is 13.2. The van der Waals surface area contributed by atoms with E-state index in [1.807, 2.05) is 0 Å². The number of hydrogen-bond donors (Lipinski definition) is 2. The molecular weight excluding hydrogens is 503 g/mol. The molecule has 0 saturated heterocycles. The third-order valence-electron chi connectivity index (χ3n) is 5.34. The largest absolute Gasteiger partial charge is 0.417 e. The van der Waals surface area contributed by atoms with Crippen molar-refractivity contribution in [2.24, 2.45) is 7.05 Å². The summed E-state index contributed by atoms with van der Waals surface area (Å²) >= 11 is 0. The highest BCUT2D eigenvalue weighted by molar-refractivity contribution is 7.91. The maximum Gasteiger partial charge on any atom is 0.417 e. The number of rotatable bonds is 6. The first-order chi connectivity index (χ1) is 16.6. The quantitative estimate of drug-likeness (QED) is 0.389. The van der Waals surface area contributed by atoms with Crippen LogP contribution in [0, 0.1) is 0 Å². The van der Waals surface area contributed by atoms with E-state index in [-0.39, 0.29) is 46.2 Å². The fraction of sp³-hybridized carbons (Fsp3) is 0.381. The molecular formula is C21H22F3N7O4S. The number of nitrogens with zero attached hydrogens (tertiary/aromatic N) is 6. The topological polar surface area (TPSA) is 144 Å². The van der Waals surface area contributed by atoms with Crippen molar-refractivity contribution >= 4 is 32.6 Å². The fourth-order valence-corrected chi connectivity index (χ4v) is 4.46. The van der Waals surface area contributed by atoms with Crippen LogP contribution in [0.15, 0.2) is 29.6 Å². The Hall–Kier alpha value is -3.59. The molecule has 0 saturated carbocycles. The zero-order chi connectivity index (χ0) is 26.6. The number of imidazole rings is 1. The van der Waals surface area contributed by atoms with E-state index in [9.17, 15) is 31.5 Å². The number of alkyl halides is 3. The summed E-state index contributed by atoms with van der Waals surface area (Å²) in [6.45, 7) is 4.30. The summed E-state index contributed by atoms with van der Waals surface area (Å²) in [5.74, 6) is -1.04. The predicted molar refractivity (Wildman–Crippen MR) is 122 cm³/mol. The van der Waals surface area contributed by atoms with Gasteiger partial charge in [-0.15, -0.1) is 0 Å². The number of fused-ring (bicyclic) bond motifs is 2. The lowest BCUT2D eigenvalue weighted by molar-refractivity contribution is -0.137. The van der Waals surface area contributed by atoms with Gasteiger partial charge >= 0.3 is 6.18 Å². The van der Waals surface area contributed by atoms with Crippen LogP contribution < -0.4 is 5.32 Å². The predicted octanol–water partition coefficient (Wildman–Crippen LogP) is 1.99. The minimum absolute atomic E-state index is 0.0413. The van der Waals surface area contributed by atoms with E-state index in [0.717, 1.165) is 10.6 Å². The van der Waals surface area contributed by atoms with Gasteiger partial charge in [0.25, 0.3) is 5.91 Å². The van der Waals surface area contributed by atoms with Crippen LogP contribution in [0.25, 0.3) is 28.2 Å². The van der Waals surface area contributed by atoms with Crippen LogP contribution in [0.5, 0.6) is 0 Å². The van der Waals surface area contributed by atoms with E-state index in [4.69, 9.17) is 0 Å². The molecule has 15 heteroatoms. The average Bonchev–Trinajstić information content (AvgIpc) is 3.34. The number of carbonyl (C=O) groups is 1. The number of aryl methyl sites for hydroxylation is 1. The first kappa shape index (κ1) is 25.5. The van der Waals surface area contributed by atoms with Crippen molar-refractivity contribution in [3.63, 3.8) is 0 Å². The second-order valence-corrected chi connectivity index (χ2v) is 10.9. The molecule has 0 atom stereocenters. The van der Waals surface area contributed by atoms with Gasteiger partial charge in [-0.1, -0.05) is 6.92 Å². The van der Waals surface area contributed by atoms with Crippen LogP contribution >= 0.6 is 0 Å². The molecule has 0 radical (unpaired) electrons. The number of hydrogen-bond acceptors (Lipinski definition) is 8. The molecule has 11 nitrogen and oxygen atoms in total. The van der Waals surface area contributed by atoms with Crippen molar-refractivity contribution < 1.29 is 31.5 Å². The van der Waals surface area contributed by atoms with Gasteiger partial charge in [-0.05, 0) is 26.0 Å². The van der Waals surface area contributed by atoms with E-state index in [0.29, 0.717) is 6.20 Å². The molecule has 0 aromatic carbocycles. The highest BCUT2D eigenvalue weighted by Crippen LogP contribution is 2.35. The molecule has 4 aromatic heterocycles. The summed E-state index contributed by atoms with van der Waals surface area (Å²) in [7, 11) is -2.53. The lowest BCUT2D eigenvalue weighted by atomic mass is 10.1. The van der Waals surface area contributed by atoms with E-state index in [1.165, 1.54) is 44.6 Å². The summed E-state index contributed by atoms with van der Waals surface area (Å²) in [6, 6.07) is 2.13. The highest BCUT2D eigenvalue weighted by Gasteiger charge is 2.33. The zero-order valence-corrected chi connectivity index (χ0v) is 20.4. The van der Waals surface area contributed by atoms with Crippen molar-refractivity contribution in [2.75, 3.05) is 12.3 Å². The molecule has 0 bridgehead atoms. The van der Waals surface area contributed by atoms with Crippen LogP contribution in [0.3, 0.4) is 0 Å². The number of nitrogens with one attached hydrogen (secondary N) is 1. The third kappa shape index (κ3) is 4.51. The van der Waals surface area contributed by atoms with Gasteiger partial charge in [0.15, 0.2) is 26.2 Å². The first-order valence-electron chi connectivity index (χ1n) is 10.6. The van der Waals surface area contributed by atoms with Gasteiger partial charge in [0.05, 0.1) is 16.9 Å². The SMILES string of the molecule is CCS(=O)(=O)c1nn2c(C(=O)NCC(C)(C)O)ccnc2c1-c1nc2cc(C(F)(F)F)cnc2n1C. The molecule has 4 rings (SSSR count). The Morgan fingerprint density at radius 2 is 1.89 bits per heavy atom. The van der Waals surface area contributed by atoms with Gasteiger partial charge in [-0.3, -0.25) is 4.79 Å². The molecule has 36 heavy (non-hydrogen) atoms. The van der Waals surface area contributed by atoms with Crippen molar-refractivity contribution in [2.45, 2.75) is 37.6 Å². The average molecular weight is 526 g/mol. The van der Waals surface area contributed by atoms with Crippen LogP contribution in [0.2, 0.25) is 0 Å². The van der Waals surface area contributed by atoms with Crippen LogP contribution in [-0.2, 0) is 23.1 Å². The minimum atomic E-state index is -4.65. The minimum Gasteiger partial charge on any atom is -0.389 e. The number of halogens is 3.